The molecule has 0 aliphatic carbocycles. The van der Waals surface area contributed by atoms with Gasteiger partial charge in [-0.2, -0.15) is 0 Å². The molecule has 0 aromatic heterocycles. The van der Waals surface area contributed by atoms with Crippen molar-refractivity contribution in [3.63, 3.8) is 0 Å². The highest BCUT2D eigenvalue weighted by atomic mass is 127. The number of morpholine rings is 1. The predicted molar refractivity (Wildman–Crippen MR) is 118 cm³/mol. The molecule has 140 valence electrons. The van der Waals surface area contributed by atoms with E-state index in [1.165, 1.54) is 11.1 Å². The summed E-state index contributed by atoms with van der Waals surface area (Å²) in [4.78, 5) is 7.01. The number of hydrogen-bond donors (Lipinski definition) is 2. The van der Waals surface area contributed by atoms with Gasteiger partial charge in [-0.1, -0.05) is 48.0 Å². The number of ether oxygens (including phenoxy) is 1. The van der Waals surface area contributed by atoms with Gasteiger partial charge in [-0.15, -0.1) is 24.0 Å². The van der Waals surface area contributed by atoms with E-state index in [4.69, 9.17) is 10.5 Å². The summed E-state index contributed by atoms with van der Waals surface area (Å²) in [6, 6.07) is 18.8. The minimum Gasteiger partial charge on any atom is -0.379 e. The number of rotatable bonds is 5. The minimum absolute atomic E-state index is 0. The van der Waals surface area contributed by atoms with Crippen LogP contribution in [-0.2, 0) is 4.74 Å². The maximum absolute atomic E-state index is 6.10. The molecule has 1 unspecified atom stereocenters. The average Bonchev–Trinajstić information content (AvgIpc) is 2.66. The van der Waals surface area contributed by atoms with Crippen molar-refractivity contribution in [2.45, 2.75) is 13.0 Å². The van der Waals surface area contributed by atoms with Gasteiger partial charge in [0.05, 0.1) is 25.8 Å². The Hall–Kier alpha value is -1.64. The maximum atomic E-state index is 6.10. The van der Waals surface area contributed by atoms with E-state index in [1.54, 1.807) is 0 Å². The Morgan fingerprint density at radius 2 is 1.77 bits per heavy atom. The van der Waals surface area contributed by atoms with Crippen molar-refractivity contribution in [2.24, 2.45) is 10.7 Å². The van der Waals surface area contributed by atoms with Crippen LogP contribution in [0.2, 0.25) is 0 Å². The van der Waals surface area contributed by atoms with E-state index < -0.39 is 0 Å². The van der Waals surface area contributed by atoms with E-state index in [2.05, 4.69) is 58.5 Å². The van der Waals surface area contributed by atoms with Crippen LogP contribution in [0.5, 0.6) is 0 Å². The second-order valence-electron chi connectivity index (χ2n) is 6.29. The predicted octanol–water partition coefficient (Wildman–Crippen LogP) is 3.41. The van der Waals surface area contributed by atoms with Crippen molar-refractivity contribution in [1.29, 1.82) is 0 Å². The van der Waals surface area contributed by atoms with Crippen LogP contribution in [0.25, 0.3) is 0 Å². The Kier molecular flexibility index (Phi) is 8.34. The lowest BCUT2D eigenvalue weighted by Gasteiger charge is -2.34. The molecule has 0 amide bonds. The average molecular weight is 466 g/mol. The molecule has 1 heterocycles. The van der Waals surface area contributed by atoms with Crippen LogP contribution in [0.1, 0.15) is 17.2 Å². The molecule has 5 nitrogen and oxygen atoms in total. The van der Waals surface area contributed by atoms with E-state index >= 15 is 0 Å². The van der Waals surface area contributed by atoms with Crippen molar-refractivity contribution in [3.05, 3.63) is 65.7 Å². The standard InChI is InChI=1S/C20H26N4O.HI/c1-16-7-9-18(10-8-16)23-20(21)22-15-19(17-5-3-2-4-6-17)24-11-13-25-14-12-24;/h2-10,19H,11-15H2,1H3,(H3,21,22,23);1H. The number of nitrogens with one attached hydrogen (secondary N) is 1. The van der Waals surface area contributed by atoms with Crippen LogP contribution in [0.15, 0.2) is 59.6 Å². The van der Waals surface area contributed by atoms with Crippen LogP contribution in [-0.4, -0.2) is 43.7 Å². The normalized spacial score (nSPS) is 16.6. The number of halogens is 1. The van der Waals surface area contributed by atoms with Gasteiger partial charge in [-0.3, -0.25) is 9.89 Å². The molecule has 1 aliphatic rings. The fourth-order valence-electron chi connectivity index (χ4n) is 3.01. The number of aliphatic imine (C=N–C) groups is 1. The van der Waals surface area contributed by atoms with E-state index in [0.717, 1.165) is 32.0 Å². The van der Waals surface area contributed by atoms with Gasteiger partial charge in [0.15, 0.2) is 5.96 Å². The molecule has 1 aliphatic heterocycles. The SMILES string of the molecule is Cc1ccc(NC(N)=NCC(c2ccccc2)N2CCOCC2)cc1.I. The Morgan fingerprint density at radius 1 is 1.12 bits per heavy atom. The zero-order valence-electron chi connectivity index (χ0n) is 15.1. The summed E-state index contributed by atoms with van der Waals surface area (Å²) in [6.07, 6.45) is 0. The summed E-state index contributed by atoms with van der Waals surface area (Å²) >= 11 is 0. The molecule has 0 bridgehead atoms. The molecule has 0 spiro atoms. The first kappa shape index (κ1) is 20.7. The van der Waals surface area contributed by atoms with Gasteiger partial charge in [0, 0.05) is 18.8 Å². The third-order valence-electron chi connectivity index (χ3n) is 4.43. The van der Waals surface area contributed by atoms with Crippen LogP contribution in [0.3, 0.4) is 0 Å². The number of benzene rings is 2. The fourth-order valence-corrected chi connectivity index (χ4v) is 3.01. The lowest BCUT2D eigenvalue weighted by Crippen LogP contribution is -2.40. The second kappa shape index (κ2) is 10.5. The van der Waals surface area contributed by atoms with E-state index in [1.807, 2.05) is 18.2 Å². The summed E-state index contributed by atoms with van der Waals surface area (Å²) in [7, 11) is 0. The number of hydrogen-bond acceptors (Lipinski definition) is 3. The molecule has 3 rings (SSSR count). The summed E-state index contributed by atoms with van der Waals surface area (Å²) < 4.78 is 5.49. The topological polar surface area (TPSA) is 62.9 Å². The van der Waals surface area contributed by atoms with Crippen LogP contribution >= 0.6 is 24.0 Å². The number of guanidine groups is 1. The van der Waals surface area contributed by atoms with Crippen LogP contribution in [0, 0.1) is 6.92 Å². The maximum Gasteiger partial charge on any atom is 0.193 e. The van der Waals surface area contributed by atoms with Gasteiger partial charge in [0.25, 0.3) is 0 Å². The van der Waals surface area contributed by atoms with E-state index in [-0.39, 0.29) is 30.0 Å². The number of nitrogens with zero attached hydrogens (tertiary/aromatic N) is 2. The van der Waals surface area contributed by atoms with Crippen LogP contribution < -0.4 is 11.1 Å². The zero-order chi connectivity index (χ0) is 17.5. The first-order valence-electron chi connectivity index (χ1n) is 8.73. The first-order valence-corrected chi connectivity index (χ1v) is 8.73. The first-order chi connectivity index (χ1) is 12.2. The fraction of sp³-hybridized carbons (Fsp3) is 0.350. The summed E-state index contributed by atoms with van der Waals surface area (Å²) in [5.41, 5.74) is 9.53. The van der Waals surface area contributed by atoms with Gasteiger partial charge in [0.1, 0.15) is 0 Å². The largest absolute Gasteiger partial charge is 0.379 e. The Bertz CT molecular complexity index is 685. The number of anilines is 1. The molecule has 0 saturated carbocycles. The van der Waals surface area contributed by atoms with Gasteiger partial charge in [-0.05, 0) is 24.6 Å². The Labute approximate surface area is 172 Å². The molecule has 26 heavy (non-hydrogen) atoms. The van der Waals surface area contributed by atoms with Crippen molar-refractivity contribution in [1.82, 2.24) is 4.90 Å². The minimum atomic E-state index is 0. The summed E-state index contributed by atoms with van der Waals surface area (Å²) in [6.45, 7) is 6.05. The van der Waals surface area contributed by atoms with E-state index in [9.17, 15) is 0 Å². The van der Waals surface area contributed by atoms with Crippen molar-refractivity contribution in [3.8, 4) is 0 Å². The molecule has 1 atom stereocenters. The highest BCUT2D eigenvalue weighted by molar-refractivity contribution is 14.0. The quantitative estimate of drug-likeness (QED) is 0.403. The third-order valence-corrected chi connectivity index (χ3v) is 4.43. The molecular formula is C20H27IN4O. The smallest absolute Gasteiger partial charge is 0.193 e. The lowest BCUT2D eigenvalue weighted by molar-refractivity contribution is 0.0180. The van der Waals surface area contributed by atoms with Gasteiger partial charge in [0.2, 0.25) is 0 Å². The zero-order valence-corrected chi connectivity index (χ0v) is 17.4. The molecule has 6 heteroatoms. The summed E-state index contributed by atoms with van der Waals surface area (Å²) in [5, 5.41) is 3.16. The van der Waals surface area contributed by atoms with Gasteiger partial charge in [-0.25, -0.2) is 0 Å². The van der Waals surface area contributed by atoms with Crippen molar-refractivity contribution in [2.75, 3.05) is 38.2 Å². The van der Waals surface area contributed by atoms with Gasteiger partial charge >= 0.3 is 0 Å². The molecule has 1 fully saturated rings. The van der Waals surface area contributed by atoms with Crippen LogP contribution in [0.4, 0.5) is 5.69 Å². The van der Waals surface area contributed by atoms with Crippen molar-refractivity contribution >= 4 is 35.6 Å². The monoisotopic (exact) mass is 466 g/mol. The number of nitrogens with two attached hydrogens (primary N) is 1. The van der Waals surface area contributed by atoms with Gasteiger partial charge < -0.3 is 15.8 Å². The molecule has 2 aromatic carbocycles. The molecule has 2 aromatic rings. The molecule has 1 saturated heterocycles. The highest BCUT2D eigenvalue weighted by Crippen LogP contribution is 2.22. The van der Waals surface area contributed by atoms with E-state index in [0.29, 0.717) is 12.5 Å². The molecular weight excluding hydrogens is 439 g/mol. The second-order valence-corrected chi connectivity index (χ2v) is 6.29. The lowest BCUT2D eigenvalue weighted by atomic mass is 10.1. The highest BCUT2D eigenvalue weighted by Gasteiger charge is 2.22. The molecule has 0 radical (unpaired) electrons. The Balaban J connectivity index is 0.00000243. The third kappa shape index (κ3) is 5.96. The Morgan fingerprint density at radius 3 is 2.42 bits per heavy atom. The van der Waals surface area contributed by atoms with Crippen molar-refractivity contribution < 1.29 is 4.74 Å². The number of aryl methyl sites for hydroxylation is 1. The molecule has 3 N–H and O–H groups in total. The summed E-state index contributed by atoms with van der Waals surface area (Å²) in [5.74, 6) is 0.443.